The maximum Gasteiger partial charge on any atom is 0.141 e. The molecule has 0 amide bonds. The van der Waals surface area contributed by atoms with Gasteiger partial charge in [-0.3, -0.25) is 0 Å². The first kappa shape index (κ1) is 8.97. The van der Waals surface area contributed by atoms with E-state index in [4.69, 9.17) is 10.5 Å². The van der Waals surface area contributed by atoms with Gasteiger partial charge in [0.15, 0.2) is 0 Å². The van der Waals surface area contributed by atoms with Crippen molar-refractivity contribution in [1.29, 1.82) is 0 Å². The van der Waals surface area contributed by atoms with Crippen LogP contribution < -0.4 is 10.5 Å². The normalized spacial score (nSPS) is 20.7. The van der Waals surface area contributed by atoms with Gasteiger partial charge >= 0.3 is 0 Å². The van der Waals surface area contributed by atoms with E-state index in [0.29, 0.717) is 24.3 Å². The zero-order valence-electron chi connectivity index (χ0n) is 6.89. The van der Waals surface area contributed by atoms with Crippen molar-refractivity contribution in [3.8, 4) is 5.75 Å². The van der Waals surface area contributed by atoms with Gasteiger partial charge in [0.25, 0.3) is 0 Å². The van der Waals surface area contributed by atoms with Crippen molar-refractivity contribution in [2.24, 2.45) is 5.73 Å². The van der Waals surface area contributed by atoms with E-state index in [2.05, 4.69) is 15.9 Å². The highest BCUT2D eigenvalue weighted by Crippen LogP contribution is 2.38. The quantitative estimate of drug-likeness (QED) is 0.762. The van der Waals surface area contributed by atoms with Gasteiger partial charge in [0.05, 0.1) is 11.1 Å². The van der Waals surface area contributed by atoms with E-state index in [-0.39, 0.29) is 11.9 Å². The third-order valence-corrected chi connectivity index (χ3v) is 2.77. The molecule has 4 heteroatoms. The largest absolute Gasteiger partial charge is 0.492 e. The lowest BCUT2D eigenvalue weighted by atomic mass is 10.0. The molecule has 1 aliphatic heterocycles. The van der Waals surface area contributed by atoms with Crippen LogP contribution in [0.4, 0.5) is 4.39 Å². The summed E-state index contributed by atoms with van der Waals surface area (Å²) in [5.74, 6) is 0.268. The molecular formula is C9H9BrFNO. The van der Waals surface area contributed by atoms with E-state index in [9.17, 15) is 4.39 Å². The van der Waals surface area contributed by atoms with Crippen LogP contribution in [0, 0.1) is 5.82 Å². The maximum absolute atomic E-state index is 13.3. The molecule has 0 saturated carbocycles. The molecule has 2 nitrogen and oxygen atoms in total. The Morgan fingerprint density at radius 1 is 1.54 bits per heavy atom. The zero-order valence-corrected chi connectivity index (χ0v) is 8.47. The number of rotatable bonds is 0. The Morgan fingerprint density at radius 3 is 3.00 bits per heavy atom. The Bertz CT molecular complexity index is 343. The highest BCUT2D eigenvalue weighted by Gasteiger charge is 2.23. The van der Waals surface area contributed by atoms with E-state index in [1.54, 1.807) is 6.07 Å². The van der Waals surface area contributed by atoms with Gasteiger partial charge in [0, 0.05) is 18.0 Å². The fourth-order valence-corrected chi connectivity index (χ4v) is 1.93. The number of hydrogen-bond acceptors (Lipinski definition) is 2. The van der Waals surface area contributed by atoms with Crippen LogP contribution in [-0.4, -0.2) is 6.61 Å². The van der Waals surface area contributed by atoms with Crippen LogP contribution in [0.2, 0.25) is 0 Å². The predicted molar refractivity (Wildman–Crippen MR) is 51.1 cm³/mol. The third kappa shape index (κ3) is 1.44. The predicted octanol–water partition coefficient (Wildman–Crippen LogP) is 2.37. The van der Waals surface area contributed by atoms with E-state index >= 15 is 0 Å². The Balaban J connectivity index is 2.60. The van der Waals surface area contributed by atoms with Crippen LogP contribution in [0.15, 0.2) is 16.6 Å². The molecular weight excluding hydrogens is 237 g/mol. The minimum atomic E-state index is -0.287. The maximum atomic E-state index is 13.3. The molecule has 2 rings (SSSR count). The lowest BCUT2D eigenvalue weighted by molar-refractivity contribution is 0.262. The molecule has 70 valence electrons. The Morgan fingerprint density at radius 2 is 2.31 bits per heavy atom. The summed E-state index contributed by atoms with van der Waals surface area (Å²) >= 11 is 3.30. The number of nitrogens with two attached hydrogens (primary N) is 1. The first-order chi connectivity index (χ1) is 6.20. The fraction of sp³-hybridized carbons (Fsp3) is 0.333. The van der Waals surface area contributed by atoms with Crippen LogP contribution in [0.1, 0.15) is 18.0 Å². The van der Waals surface area contributed by atoms with E-state index < -0.39 is 0 Å². The summed E-state index contributed by atoms with van der Waals surface area (Å²) in [5.41, 5.74) is 6.26. The molecule has 0 unspecified atom stereocenters. The van der Waals surface area contributed by atoms with Crippen LogP contribution in [0.5, 0.6) is 5.75 Å². The molecule has 0 bridgehead atoms. The van der Waals surface area contributed by atoms with E-state index in [0.717, 1.165) is 4.47 Å². The average molecular weight is 246 g/mol. The summed E-state index contributed by atoms with van der Waals surface area (Å²) in [6, 6.07) is 2.78. The second-order valence-corrected chi connectivity index (χ2v) is 3.87. The summed E-state index contributed by atoms with van der Waals surface area (Å²) in [6.07, 6.45) is 0.667. The number of benzene rings is 1. The second-order valence-electron chi connectivity index (χ2n) is 3.02. The molecule has 0 aromatic heterocycles. The van der Waals surface area contributed by atoms with Crippen LogP contribution >= 0.6 is 15.9 Å². The molecule has 1 atom stereocenters. The van der Waals surface area contributed by atoms with Crippen LogP contribution in [-0.2, 0) is 0 Å². The summed E-state index contributed by atoms with van der Waals surface area (Å²) in [6.45, 7) is 0.552. The second kappa shape index (κ2) is 3.27. The topological polar surface area (TPSA) is 35.2 Å². The summed E-state index contributed by atoms with van der Waals surface area (Å²) in [5, 5.41) is 0. The van der Waals surface area contributed by atoms with Gasteiger partial charge in [-0.05, 0) is 28.1 Å². The SMILES string of the molecule is N[C@H]1CCOc2c(Br)ccc(F)c21. The standard InChI is InChI=1S/C9H9BrFNO/c10-5-1-2-6(11)8-7(12)3-4-13-9(5)8/h1-2,7H,3-4,12H2/t7-/m0/s1. The highest BCUT2D eigenvalue weighted by molar-refractivity contribution is 9.10. The van der Waals surface area contributed by atoms with Gasteiger partial charge in [0.2, 0.25) is 0 Å². The van der Waals surface area contributed by atoms with Crippen LogP contribution in [0.25, 0.3) is 0 Å². The first-order valence-electron chi connectivity index (χ1n) is 4.06. The molecule has 1 heterocycles. The van der Waals surface area contributed by atoms with E-state index in [1.807, 2.05) is 0 Å². The third-order valence-electron chi connectivity index (χ3n) is 2.14. The monoisotopic (exact) mass is 245 g/mol. The average Bonchev–Trinajstić information content (AvgIpc) is 2.12. The molecule has 1 aromatic carbocycles. The van der Waals surface area contributed by atoms with Gasteiger partial charge in [-0.2, -0.15) is 0 Å². The van der Waals surface area contributed by atoms with Crippen molar-refractivity contribution in [1.82, 2.24) is 0 Å². The lowest BCUT2D eigenvalue weighted by Gasteiger charge is -2.24. The van der Waals surface area contributed by atoms with Crippen molar-refractivity contribution in [3.63, 3.8) is 0 Å². The van der Waals surface area contributed by atoms with Gasteiger partial charge in [0.1, 0.15) is 11.6 Å². The Kier molecular flexibility index (Phi) is 2.26. The Hall–Kier alpha value is -0.610. The number of halogens is 2. The minimum Gasteiger partial charge on any atom is -0.492 e. The molecule has 13 heavy (non-hydrogen) atoms. The molecule has 1 aliphatic rings. The Labute approximate surface area is 84.0 Å². The van der Waals surface area contributed by atoms with Crippen molar-refractivity contribution in [3.05, 3.63) is 28.0 Å². The number of fused-ring (bicyclic) bond motifs is 1. The van der Waals surface area contributed by atoms with Crippen molar-refractivity contribution in [2.45, 2.75) is 12.5 Å². The molecule has 2 N–H and O–H groups in total. The molecule has 0 saturated heterocycles. The van der Waals surface area contributed by atoms with E-state index in [1.165, 1.54) is 6.07 Å². The van der Waals surface area contributed by atoms with Gasteiger partial charge < -0.3 is 10.5 Å². The highest BCUT2D eigenvalue weighted by atomic mass is 79.9. The fourth-order valence-electron chi connectivity index (χ4n) is 1.47. The van der Waals surface area contributed by atoms with Crippen molar-refractivity contribution < 1.29 is 9.13 Å². The summed E-state index contributed by atoms with van der Waals surface area (Å²) in [4.78, 5) is 0. The summed E-state index contributed by atoms with van der Waals surface area (Å²) in [7, 11) is 0. The van der Waals surface area contributed by atoms with Crippen molar-refractivity contribution in [2.75, 3.05) is 6.61 Å². The molecule has 0 aliphatic carbocycles. The molecule has 0 radical (unpaired) electrons. The minimum absolute atomic E-state index is 0.249. The number of ether oxygens (including phenoxy) is 1. The summed E-state index contributed by atoms with van der Waals surface area (Å²) < 4.78 is 19.4. The smallest absolute Gasteiger partial charge is 0.141 e. The van der Waals surface area contributed by atoms with Gasteiger partial charge in [-0.15, -0.1) is 0 Å². The molecule has 1 aromatic rings. The lowest BCUT2D eigenvalue weighted by Crippen LogP contribution is -2.22. The first-order valence-corrected chi connectivity index (χ1v) is 4.85. The van der Waals surface area contributed by atoms with Crippen LogP contribution in [0.3, 0.4) is 0 Å². The van der Waals surface area contributed by atoms with Crippen molar-refractivity contribution >= 4 is 15.9 Å². The van der Waals surface area contributed by atoms with Gasteiger partial charge in [-0.25, -0.2) is 4.39 Å². The zero-order chi connectivity index (χ0) is 9.42. The van der Waals surface area contributed by atoms with Gasteiger partial charge in [-0.1, -0.05) is 0 Å². The molecule has 0 fully saturated rings. The molecule has 0 spiro atoms. The number of hydrogen-bond donors (Lipinski definition) is 1.